The number of aliphatic hydroxyl groups excluding tert-OH is 4. The molecule has 0 bridgehead atoms. The number of hydrogen-bond donors (Lipinski definition) is 5. The Morgan fingerprint density at radius 3 is 2.52 bits per heavy atom. The summed E-state index contributed by atoms with van der Waals surface area (Å²) < 4.78 is 10.2. The summed E-state index contributed by atoms with van der Waals surface area (Å²) in [5.41, 5.74) is 0.905. The lowest BCUT2D eigenvalue weighted by atomic mass is 9.97. The smallest absolute Gasteiger partial charge is 0.246 e. The molecule has 0 aromatic heterocycles. The molecule has 1 fully saturated rings. The quantitative estimate of drug-likeness (QED) is 0.413. The molecule has 5 atom stereocenters. The highest BCUT2D eigenvalue weighted by atomic mass is 16.6. The zero-order valence-electron chi connectivity index (χ0n) is 12.4. The second-order valence-corrected chi connectivity index (χ2v) is 5.30. The third-order valence-corrected chi connectivity index (χ3v) is 3.57. The fourth-order valence-corrected chi connectivity index (χ4v) is 2.32. The van der Waals surface area contributed by atoms with Crippen molar-refractivity contribution in [2.45, 2.75) is 37.3 Å². The lowest BCUT2D eigenvalue weighted by molar-refractivity contribution is -0.254. The molecule has 0 aliphatic carbocycles. The monoisotopic (exact) mass is 327 g/mol. The third kappa shape index (κ3) is 4.71. The van der Waals surface area contributed by atoms with E-state index in [-0.39, 0.29) is 13.2 Å². The molecule has 1 aliphatic heterocycles. The van der Waals surface area contributed by atoms with Crippen LogP contribution in [0.1, 0.15) is 5.56 Å². The van der Waals surface area contributed by atoms with Crippen molar-refractivity contribution >= 4 is 5.91 Å². The molecule has 1 heterocycles. The van der Waals surface area contributed by atoms with Gasteiger partial charge in [0.15, 0.2) is 6.29 Å². The Labute approximate surface area is 133 Å². The number of nitrogens with one attached hydrogen (secondary N) is 1. The fraction of sp³-hybridized carbons (Fsp3) is 0.533. The molecule has 0 spiro atoms. The van der Waals surface area contributed by atoms with Gasteiger partial charge in [0.1, 0.15) is 31.0 Å². The van der Waals surface area contributed by atoms with Gasteiger partial charge < -0.3 is 35.2 Å². The van der Waals surface area contributed by atoms with Crippen LogP contribution < -0.4 is 5.32 Å². The molecular formula is C15H21NO7. The SMILES string of the molecule is O=C(COCc1ccccc1)NC1C(O)OC(CO)[C@H](O)C1O. The molecule has 128 valence electrons. The van der Waals surface area contributed by atoms with Crippen molar-refractivity contribution < 1.29 is 34.7 Å². The van der Waals surface area contributed by atoms with Crippen LogP contribution in [0.25, 0.3) is 0 Å². The molecule has 8 heteroatoms. The minimum Gasteiger partial charge on any atom is -0.394 e. The van der Waals surface area contributed by atoms with E-state index in [2.05, 4.69) is 5.32 Å². The lowest BCUT2D eigenvalue weighted by Crippen LogP contribution is -2.64. The Kier molecular flexibility index (Phi) is 6.46. The Hall–Kier alpha value is -1.55. The normalized spacial score (nSPS) is 30.9. The number of rotatable bonds is 6. The van der Waals surface area contributed by atoms with E-state index in [9.17, 15) is 20.1 Å². The topological polar surface area (TPSA) is 128 Å². The highest BCUT2D eigenvalue weighted by Gasteiger charge is 2.44. The molecule has 5 N–H and O–H groups in total. The molecule has 1 saturated heterocycles. The average Bonchev–Trinajstić information content (AvgIpc) is 2.56. The predicted molar refractivity (Wildman–Crippen MR) is 78.0 cm³/mol. The first-order valence-electron chi connectivity index (χ1n) is 7.24. The lowest BCUT2D eigenvalue weighted by Gasteiger charge is -2.40. The van der Waals surface area contributed by atoms with E-state index in [1.165, 1.54) is 0 Å². The number of ether oxygens (including phenoxy) is 2. The number of carbonyl (C=O) groups is 1. The zero-order chi connectivity index (χ0) is 16.8. The van der Waals surface area contributed by atoms with Crippen LogP contribution in [0.4, 0.5) is 0 Å². The second-order valence-electron chi connectivity index (χ2n) is 5.30. The summed E-state index contributed by atoms with van der Waals surface area (Å²) in [6.45, 7) is -0.587. The van der Waals surface area contributed by atoms with Crippen LogP contribution >= 0.6 is 0 Å². The fourth-order valence-electron chi connectivity index (χ4n) is 2.32. The van der Waals surface area contributed by atoms with Gasteiger partial charge in [0.05, 0.1) is 13.2 Å². The predicted octanol–water partition coefficient (Wildman–Crippen LogP) is -1.88. The van der Waals surface area contributed by atoms with Crippen LogP contribution in [0, 0.1) is 0 Å². The molecule has 4 unspecified atom stereocenters. The summed E-state index contributed by atoms with van der Waals surface area (Å²) in [5.74, 6) is -0.567. The molecule has 23 heavy (non-hydrogen) atoms. The standard InChI is InChI=1S/C15H21NO7/c17-6-10-13(19)14(20)12(15(21)23-10)16-11(18)8-22-7-9-4-2-1-3-5-9/h1-5,10,12-15,17,19-21H,6-8H2,(H,16,18)/t10?,12?,13-,14?,15?/m0/s1. The van der Waals surface area contributed by atoms with Gasteiger partial charge in [-0.2, -0.15) is 0 Å². The van der Waals surface area contributed by atoms with Gasteiger partial charge in [0, 0.05) is 0 Å². The van der Waals surface area contributed by atoms with Crippen LogP contribution in [-0.2, 0) is 20.9 Å². The maximum atomic E-state index is 11.8. The maximum absolute atomic E-state index is 11.8. The first-order valence-corrected chi connectivity index (χ1v) is 7.24. The molecule has 2 rings (SSSR count). The number of benzene rings is 1. The van der Waals surface area contributed by atoms with Crippen molar-refractivity contribution in [1.82, 2.24) is 5.32 Å². The van der Waals surface area contributed by atoms with Gasteiger partial charge in [0.2, 0.25) is 5.91 Å². The van der Waals surface area contributed by atoms with Gasteiger partial charge in [-0.3, -0.25) is 4.79 Å². The molecule has 1 aliphatic rings. The summed E-state index contributed by atoms with van der Waals surface area (Å²) in [6.07, 6.45) is -5.53. The van der Waals surface area contributed by atoms with E-state index in [4.69, 9.17) is 14.6 Å². The van der Waals surface area contributed by atoms with Crippen LogP contribution in [-0.4, -0.2) is 70.2 Å². The van der Waals surface area contributed by atoms with Crippen LogP contribution in [0.3, 0.4) is 0 Å². The summed E-state index contributed by atoms with van der Waals surface area (Å²) in [6, 6.07) is 8.07. The highest BCUT2D eigenvalue weighted by Crippen LogP contribution is 2.19. The Morgan fingerprint density at radius 1 is 1.17 bits per heavy atom. The maximum Gasteiger partial charge on any atom is 0.246 e. The molecule has 1 amide bonds. The van der Waals surface area contributed by atoms with Crippen LogP contribution in [0.5, 0.6) is 0 Å². The van der Waals surface area contributed by atoms with Crippen molar-refractivity contribution in [3.8, 4) is 0 Å². The average molecular weight is 327 g/mol. The Balaban J connectivity index is 1.80. The van der Waals surface area contributed by atoms with Crippen LogP contribution in [0.2, 0.25) is 0 Å². The minimum absolute atomic E-state index is 0.246. The zero-order valence-corrected chi connectivity index (χ0v) is 12.4. The molecule has 0 saturated carbocycles. The first kappa shape index (κ1) is 17.8. The van der Waals surface area contributed by atoms with Crippen molar-refractivity contribution in [3.05, 3.63) is 35.9 Å². The number of hydrogen-bond acceptors (Lipinski definition) is 7. The summed E-state index contributed by atoms with van der Waals surface area (Å²) in [4.78, 5) is 11.8. The summed E-state index contributed by atoms with van der Waals surface area (Å²) in [5, 5.41) is 40.7. The molecule has 0 radical (unpaired) electrons. The van der Waals surface area contributed by atoms with E-state index >= 15 is 0 Å². The van der Waals surface area contributed by atoms with Crippen LogP contribution in [0.15, 0.2) is 30.3 Å². The Morgan fingerprint density at radius 2 is 1.87 bits per heavy atom. The Bertz CT molecular complexity index is 498. The van der Waals surface area contributed by atoms with E-state index in [1.807, 2.05) is 30.3 Å². The van der Waals surface area contributed by atoms with Crippen molar-refractivity contribution in [2.75, 3.05) is 13.2 Å². The van der Waals surface area contributed by atoms with Gasteiger partial charge in [-0.25, -0.2) is 0 Å². The summed E-state index contributed by atoms with van der Waals surface area (Å²) >= 11 is 0. The second kappa shape index (κ2) is 8.34. The molecule has 1 aromatic rings. The van der Waals surface area contributed by atoms with Gasteiger partial charge in [0.25, 0.3) is 0 Å². The van der Waals surface area contributed by atoms with Crippen molar-refractivity contribution in [3.63, 3.8) is 0 Å². The molecule has 8 nitrogen and oxygen atoms in total. The van der Waals surface area contributed by atoms with Gasteiger partial charge in [-0.1, -0.05) is 30.3 Å². The largest absolute Gasteiger partial charge is 0.394 e. The van der Waals surface area contributed by atoms with E-state index in [1.54, 1.807) is 0 Å². The molecular weight excluding hydrogens is 306 g/mol. The number of carbonyl (C=O) groups excluding carboxylic acids is 1. The van der Waals surface area contributed by atoms with E-state index in [0.29, 0.717) is 0 Å². The van der Waals surface area contributed by atoms with E-state index in [0.717, 1.165) is 5.56 Å². The van der Waals surface area contributed by atoms with Crippen molar-refractivity contribution in [1.29, 1.82) is 0 Å². The highest BCUT2D eigenvalue weighted by molar-refractivity contribution is 5.77. The van der Waals surface area contributed by atoms with Gasteiger partial charge in [-0.15, -0.1) is 0 Å². The van der Waals surface area contributed by atoms with E-state index < -0.39 is 43.2 Å². The molecule has 1 aromatic carbocycles. The minimum atomic E-state index is -1.54. The van der Waals surface area contributed by atoms with Crippen molar-refractivity contribution in [2.24, 2.45) is 0 Å². The number of amides is 1. The summed E-state index contributed by atoms with van der Waals surface area (Å²) in [7, 11) is 0. The third-order valence-electron chi connectivity index (χ3n) is 3.57. The van der Waals surface area contributed by atoms with Gasteiger partial charge in [-0.05, 0) is 5.56 Å². The van der Waals surface area contributed by atoms with Gasteiger partial charge >= 0.3 is 0 Å². The number of aliphatic hydroxyl groups is 4. The first-order chi connectivity index (χ1) is 11.0.